The third-order valence-corrected chi connectivity index (χ3v) is 9.13. The number of unbranched alkanes of at least 4 members (excludes halogenated alkanes) is 20. The first-order chi connectivity index (χ1) is 26.9. The van der Waals surface area contributed by atoms with E-state index in [1.54, 1.807) is 0 Å². The van der Waals surface area contributed by atoms with Gasteiger partial charge in [0.05, 0.1) is 119 Å². The lowest BCUT2D eigenvalue weighted by atomic mass is 10.1. The number of hydrogen-bond acceptors (Lipinski definition) is 10. The summed E-state index contributed by atoms with van der Waals surface area (Å²) >= 11 is 0. The second-order valence-electron chi connectivity index (χ2n) is 14.2. The fourth-order valence-electron chi connectivity index (χ4n) is 5.82. The summed E-state index contributed by atoms with van der Waals surface area (Å²) in [6.07, 6.45) is 29.8. The van der Waals surface area contributed by atoms with E-state index >= 15 is 0 Å². The van der Waals surface area contributed by atoms with Crippen molar-refractivity contribution in [2.45, 2.75) is 155 Å². The van der Waals surface area contributed by atoms with E-state index in [1.165, 1.54) is 128 Å². The SMILES string of the molecule is CCCCCCCCCCCCCOCCOCCOCCOCCOCCOCCOCCOCCOCCOCCCCCCCCCCCCC. The van der Waals surface area contributed by atoms with E-state index in [2.05, 4.69) is 13.8 Å². The van der Waals surface area contributed by atoms with Crippen LogP contribution in [0.1, 0.15) is 155 Å². The Labute approximate surface area is 334 Å². The maximum atomic E-state index is 5.67. The lowest BCUT2D eigenvalue weighted by Gasteiger charge is -2.09. The summed E-state index contributed by atoms with van der Waals surface area (Å²) < 4.78 is 55.7. The van der Waals surface area contributed by atoms with Crippen LogP contribution in [-0.4, -0.2) is 132 Å². The predicted octanol–water partition coefficient (Wildman–Crippen LogP) is 9.77. The number of hydrogen-bond donors (Lipinski definition) is 0. The van der Waals surface area contributed by atoms with Crippen LogP contribution in [0.15, 0.2) is 0 Å². The highest BCUT2D eigenvalue weighted by Gasteiger charge is 1.98. The summed E-state index contributed by atoms with van der Waals surface area (Å²) in [5.74, 6) is 0. The van der Waals surface area contributed by atoms with Crippen LogP contribution in [0.3, 0.4) is 0 Å². The van der Waals surface area contributed by atoms with Crippen LogP contribution in [0.25, 0.3) is 0 Å². The molecule has 0 aliphatic heterocycles. The summed E-state index contributed by atoms with van der Waals surface area (Å²) in [4.78, 5) is 0. The molecule has 0 rings (SSSR count). The van der Waals surface area contributed by atoms with Gasteiger partial charge in [0.1, 0.15) is 0 Å². The molecular weight excluding hydrogens is 688 g/mol. The quantitative estimate of drug-likeness (QED) is 0.0556. The molecule has 0 saturated carbocycles. The van der Waals surface area contributed by atoms with E-state index in [0.717, 1.165) is 26.1 Å². The standard InChI is InChI=1S/C44H90O10/c1-3-5-7-9-11-13-15-17-19-21-23-25-45-27-29-47-31-33-49-35-37-51-39-41-53-43-44-54-42-40-52-38-36-50-34-32-48-30-28-46-26-24-22-20-18-16-14-12-10-8-6-4-2/h3-44H2,1-2H3. The molecule has 0 spiro atoms. The molecule has 54 heavy (non-hydrogen) atoms. The lowest BCUT2D eigenvalue weighted by molar-refractivity contribution is -0.0264. The Balaban J connectivity index is 3.05. The first-order valence-corrected chi connectivity index (χ1v) is 22.7. The zero-order valence-electron chi connectivity index (χ0n) is 35.8. The summed E-state index contributed by atoms with van der Waals surface area (Å²) in [7, 11) is 0. The van der Waals surface area contributed by atoms with Crippen molar-refractivity contribution in [2.75, 3.05) is 132 Å². The summed E-state index contributed by atoms with van der Waals surface area (Å²) in [6.45, 7) is 16.5. The Morgan fingerprint density at radius 2 is 0.278 bits per heavy atom. The molecule has 10 nitrogen and oxygen atoms in total. The topological polar surface area (TPSA) is 92.3 Å². The van der Waals surface area contributed by atoms with Crippen molar-refractivity contribution < 1.29 is 47.4 Å². The van der Waals surface area contributed by atoms with E-state index in [1.807, 2.05) is 0 Å². The summed E-state index contributed by atoms with van der Waals surface area (Å²) in [5, 5.41) is 0. The zero-order valence-corrected chi connectivity index (χ0v) is 35.8. The van der Waals surface area contributed by atoms with Gasteiger partial charge in [-0.25, -0.2) is 0 Å². The van der Waals surface area contributed by atoms with Crippen molar-refractivity contribution in [3.8, 4) is 0 Å². The van der Waals surface area contributed by atoms with Gasteiger partial charge in [-0.2, -0.15) is 0 Å². The highest BCUT2D eigenvalue weighted by molar-refractivity contribution is 4.50. The largest absolute Gasteiger partial charge is 0.379 e. The molecule has 0 saturated heterocycles. The predicted molar refractivity (Wildman–Crippen MR) is 221 cm³/mol. The van der Waals surface area contributed by atoms with Gasteiger partial charge in [-0.05, 0) is 12.8 Å². The molecule has 0 aromatic carbocycles. The van der Waals surface area contributed by atoms with Gasteiger partial charge in [0.15, 0.2) is 0 Å². The smallest absolute Gasteiger partial charge is 0.0701 e. The van der Waals surface area contributed by atoms with Crippen molar-refractivity contribution in [3.05, 3.63) is 0 Å². The van der Waals surface area contributed by atoms with Crippen molar-refractivity contribution >= 4 is 0 Å². The summed E-state index contributed by atoms with van der Waals surface area (Å²) in [5.41, 5.74) is 0. The molecule has 0 heterocycles. The minimum atomic E-state index is 0.535. The van der Waals surface area contributed by atoms with E-state index in [0.29, 0.717) is 119 Å². The van der Waals surface area contributed by atoms with E-state index in [4.69, 9.17) is 47.4 Å². The third-order valence-electron chi connectivity index (χ3n) is 9.13. The normalized spacial score (nSPS) is 11.7. The van der Waals surface area contributed by atoms with Gasteiger partial charge in [-0.1, -0.05) is 142 Å². The molecule has 0 bridgehead atoms. The van der Waals surface area contributed by atoms with E-state index < -0.39 is 0 Å². The van der Waals surface area contributed by atoms with Crippen LogP contribution in [0.2, 0.25) is 0 Å². The average Bonchev–Trinajstić information content (AvgIpc) is 3.18. The van der Waals surface area contributed by atoms with Crippen LogP contribution in [0.5, 0.6) is 0 Å². The first-order valence-electron chi connectivity index (χ1n) is 22.7. The van der Waals surface area contributed by atoms with Gasteiger partial charge < -0.3 is 47.4 Å². The zero-order chi connectivity index (χ0) is 38.8. The van der Waals surface area contributed by atoms with E-state index in [-0.39, 0.29) is 0 Å². The maximum Gasteiger partial charge on any atom is 0.0701 e. The molecule has 0 aliphatic carbocycles. The van der Waals surface area contributed by atoms with Gasteiger partial charge in [-0.3, -0.25) is 0 Å². The Morgan fingerprint density at radius 1 is 0.148 bits per heavy atom. The highest BCUT2D eigenvalue weighted by atomic mass is 16.6. The number of rotatable bonds is 51. The van der Waals surface area contributed by atoms with Crippen LogP contribution in [0, 0.1) is 0 Å². The molecule has 0 fully saturated rings. The fourth-order valence-corrected chi connectivity index (χ4v) is 5.82. The van der Waals surface area contributed by atoms with Crippen LogP contribution in [0.4, 0.5) is 0 Å². The fraction of sp³-hybridized carbons (Fsp3) is 1.00. The highest BCUT2D eigenvalue weighted by Crippen LogP contribution is 2.12. The second-order valence-corrected chi connectivity index (χ2v) is 14.2. The molecule has 0 unspecified atom stereocenters. The molecule has 0 amide bonds. The van der Waals surface area contributed by atoms with Gasteiger partial charge in [-0.15, -0.1) is 0 Å². The molecule has 0 aromatic heterocycles. The van der Waals surface area contributed by atoms with Crippen LogP contribution in [-0.2, 0) is 47.4 Å². The molecular formula is C44H90O10. The molecule has 0 radical (unpaired) electrons. The van der Waals surface area contributed by atoms with Gasteiger partial charge in [0.25, 0.3) is 0 Å². The minimum absolute atomic E-state index is 0.535. The lowest BCUT2D eigenvalue weighted by Crippen LogP contribution is -2.15. The van der Waals surface area contributed by atoms with Crippen molar-refractivity contribution in [1.82, 2.24) is 0 Å². The molecule has 326 valence electrons. The van der Waals surface area contributed by atoms with Gasteiger partial charge >= 0.3 is 0 Å². The van der Waals surface area contributed by atoms with Gasteiger partial charge in [0.2, 0.25) is 0 Å². The minimum Gasteiger partial charge on any atom is -0.379 e. The van der Waals surface area contributed by atoms with Crippen LogP contribution < -0.4 is 0 Å². The van der Waals surface area contributed by atoms with Gasteiger partial charge in [0, 0.05) is 13.2 Å². The number of ether oxygens (including phenoxy) is 10. The monoisotopic (exact) mass is 779 g/mol. The van der Waals surface area contributed by atoms with Crippen molar-refractivity contribution in [2.24, 2.45) is 0 Å². The Bertz CT molecular complexity index is 578. The molecule has 0 N–H and O–H groups in total. The van der Waals surface area contributed by atoms with Crippen molar-refractivity contribution in [3.63, 3.8) is 0 Å². The Morgan fingerprint density at radius 3 is 0.444 bits per heavy atom. The third kappa shape index (κ3) is 51.6. The average molecular weight is 779 g/mol. The molecule has 0 atom stereocenters. The molecule has 10 heteroatoms. The summed E-state index contributed by atoms with van der Waals surface area (Å²) in [6, 6.07) is 0. The maximum absolute atomic E-state index is 5.67. The van der Waals surface area contributed by atoms with Crippen molar-refractivity contribution in [1.29, 1.82) is 0 Å². The second kappa shape index (κ2) is 52.6. The molecule has 0 aromatic rings. The first kappa shape index (κ1) is 53.6. The van der Waals surface area contributed by atoms with Crippen LogP contribution >= 0.6 is 0 Å². The Kier molecular flexibility index (Phi) is 52.2. The molecule has 0 aliphatic rings. The van der Waals surface area contributed by atoms with E-state index in [9.17, 15) is 0 Å². The Hall–Kier alpha value is -0.400.